The first kappa shape index (κ1) is 11.7. The van der Waals surface area contributed by atoms with Crippen LogP contribution in [0.25, 0.3) is 0 Å². The number of aromatic amines is 1. The van der Waals surface area contributed by atoms with E-state index in [0.29, 0.717) is 12.2 Å². The van der Waals surface area contributed by atoms with E-state index in [0.717, 1.165) is 19.3 Å². The third kappa shape index (κ3) is 3.64. The minimum Gasteiger partial charge on any atom is -0.385 e. The lowest BCUT2D eigenvalue weighted by molar-refractivity contribution is 0.154. The summed E-state index contributed by atoms with van der Waals surface area (Å²) in [4.78, 5) is 0. The van der Waals surface area contributed by atoms with Crippen LogP contribution in [0.15, 0.2) is 30.3 Å². The van der Waals surface area contributed by atoms with Gasteiger partial charge in [0.15, 0.2) is 5.82 Å². The minimum atomic E-state index is -0.583. The molecule has 17 heavy (non-hydrogen) atoms. The lowest BCUT2D eigenvalue weighted by atomic mass is 10.1. The van der Waals surface area contributed by atoms with Gasteiger partial charge >= 0.3 is 0 Å². The van der Waals surface area contributed by atoms with Crippen LogP contribution in [0.1, 0.15) is 36.8 Å². The van der Waals surface area contributed by atoms with Crippen LogP contribution >= 0.6 is 0 Å². The molecule has 0 amide bonds. The highest BCUT2D eigenvalue weighted by atomic mass is 16.3. The number of hydrogen-bond donors (Lipinski definition) is 2. The van der Waals surface area contributed by atoms with Gasteiger partial charge in [0, 0.05) is 0 Å². The van der Waals surface area contributed by atoms with Crippen molar-refractivity contribution in [1.82, 2.24) is 20.6 Å². The van der Waals surface area contributed by atoms with Gasteiger partial charge in [-0.25, -0.2) is 5.10 Å². The van der Waals surface area contributed by atoms with Gasteiger partial charge in [0.1, 0.15) is 6.10 Å². The van der Waals surface area contributed by atoms with Crippen LogP contribution in [0.4, 0.5) is 0 Å². The third-order valence-corrected chi connectivity index (χ3v) is 2.71. The van der Waals surface area contributed by atoms with Crippen molar-refractivity contribution in [3.05, 3.63) is 41.7 Å². The lowest BCUT2D eigenvalue weighted by Gasteiger charge is -2.06. The van der Waals surface area contributed by atoms with Crippen LogP contribution in [0, 0.1) is 0 Å². The minimum absolute atomic E-state index is 0.449. The summed E-state index contributed by atoms with van der Waals surface area (Å²) in [6.07, 6.45) is 3.16. The smallest absolute Gasteiger partial charge is 0.177 e. The maximum Gasteiger partial charge on any atom is 0.177 e. The summed E-state index contributed by atoms with van der Waals surface area (Å²) in [5, 5.41) is 22.9. The standard InChI is InChI=1S/C12H16N4O/c17-11(12-13-15-16-14-12)9-5-4-8-10-6-2-1-3-7-10/h1-3,6-7,11,17H,4-5,8-9H2,(H,13,14,15,16). The number of aryl methyl sites for hydroxylation is 1. The van der Waals surface area contributed by atoms with Crippen molar-refractivity contribution in [2.75, 3.05) is 0 Å². The van der Waals surface area contributed by atoms with Gasteiger partial charge in [-0.3, -0.25) is 0 Å². The van der Waals surface area contributed by atoms with Gasteiger partial charge < -0.3 is 5.11 Å². The van der Waals surface area contributed by atoms with Crippen molar-refractivity contribution in [3.8, 4) is 0 Å². The molecule has 0 bridgehead atoms. The first-order valence-electron chi connectivity index (χ1n) is 5.82. The fourth-order valence-corrected chi connectivity index (χ4v) is 1.76. The normalized spacial score (nSPS) is 12.5. The zero-order chi connectivity index (χ0) is 11.9. The summed E-state index contributed by atoms with van der Waals surface area (Å²) in [5.41, 5.74) is 1.34. The number of hydrogen-bond acceptors (Lipinski definition) is 4. The highest BCUT2D eigenvalue weighted by Gasteiger charge is 2.10. The van der Waals surface area contributed by atoms with Crippen molar-refractivity contribution in [2.24, 2.45) is 0 Å². The lowest BCUT2D eigenvalue weighted by Crippen LogP contribution is -2.00. The van der Waals surface area contributed by atoms with Crippen LogP contribution < -0.4 is 0 Å². The molecule has 2 N–H and O–H groups in total. The second kappa shape index (κ2) is 6.10. The van der Waals surface area contributed by atoms with E-state index in [1.54, 1.807) is 0 Å². The maximum atomic E-state index is 9.73. The molecule has 0 spiro atoms. The van der Waals surface area contributed by atoms with Crippen LogP contribution in [0.3, 0.4) is 0 Å². The quantitative estimate of drug-likeness (QED) is 0.742. The Bertz CT molecular complexity index is 415. The van der Waals surface area contributed by atoms with Gasteiger partial charge in [0.05, 0.1) is 0 Å². The highest BCUT2D eigenvalue weighted by molar-refractivity contribution is 5.14. The molecule has 1 aromatic carbocycles. The molecule has 0 aliphatic rings. The number of aliphatic hydroxyl groups is 1. The Morgan fingerprint density at radius 2 is 2.00 bits per heavy atom. The van der Waals surface area contributed by atoms with E-state index in [1.807, 2.05) is 18.2 Å². The van der Waals surface area contributed by atoms with E-state index >= 15 is 0 Å². The number of aliphatic hydroxyl groups excluding tert-OH is 1. The van der Waals surface area contributed by atoms with Crippen molar-refractivity contribution in [3.63, 3.8) is 0 Å². The Morgan fingerprint density at radius 3 is 2.71 bits per heavy atom. The summed E-state index contributed by atoms with van der Waals surface area (Å²) >= 11 is 0. The van der Waals surface area contributed by atoms with E-state index in [9.17, 15) is 5.11 Å². The predicted octanol–water partition coefficient (Wildman–Crippen LogP) is 1.65. The monoisotopic (exact) mass is 232 g/mol. The predicted molar refractivity (Wildman–Crippen MR) is 63.1 cm³/mol. The Hall–Kier alpha value is -1.75. The molecule has 0 saturated heterocycles. The topological polar surface area (TPSA) is 74.7 Å². The molecule has 0 aliphatic heterocycles. The molecule has 0 fully saturated rings. The Labute approximate surface area is 99.9 Å². The number of nitrogens with one attached hydrogen (secondary N) is 1. The van der Waals surface area contributed by atoms with Gasteiger partial charge in [0.25, 0.3) is 0 Å². The van der Waals surface area contributed by atoms with E-state index in [1.165, 1.54) is 5.56 Å². The summed E-state index contributed by atoms with van der Waals surface area (Å²) in [6.45, 7) is 0. The summed E-state index contributed by atoms with van der Waals surface area (Å²) in [7, 11) is 0. The molecule has 1 unspecified atom stereocenters. The summed E-state index contributed by atoms with van der Waals surface area (Å²) in [5.74, 6) is 0.449. The molecule has 1 aromatic heterocycles. The van der Waals surface area contributed by atoms with E-state index in [4.69, 9.17) is 0 Å². The van der Waals surface area contributed by atoms with Crippen molar-refractivity contribution in [2.45, 2.75) is 31.8 Å². The number of nitrogens with zero attached hydrogens (tertiary/aromatic N) is 3. The zero-order valence-corrected chi connectivity index (χ0v) is 9.58. The third-order valence-electron chi connectivity index (χ3n) is 2.71. The number of benzene rings is 1. The molecule has 2 aromatic rings. The van der Waals surface area contributed by atoms with Gasteiger partial charge in [-0.15, -0.1) is 5.10 Å². The van der Waals surface area contributed by atoms with E-state index < -0.39 is 6.10 Å². The number of H-pyrrole nitrogens is 1. The largest absolute Gasteiger partial charge is 0.385 e. The molecule has 5 heteroatoms. The van der Waals surface area contributed by atoms with Crippen molar-refractivity contribution >= 4 is 0 Å². The second-order valence-electron chi connectivity index (χ2n) is 4.03. The second-order valence-corrected chi connectivity index (χ2v) is 4.03. The van der Waals surface area contributed by atoms with E-state index in [-0.39, 0.29) is 0 Å². The van der Waals surface area contributed by atoms with Crippen LogP contribution in [-0.4, -0.2) is 25.7 Å². The fourth-order valence-electron chi connectivity index (χ4n) is 1.76. The maximum absolute atomic E-state index is 9.73. The van der Waals surface area contributed by atoms with Crippen LogP contribution in [0.5, 0.6) is 0 Å². The van der Waals surface area contributed by atoms with E-state index in [2.05, 4.69) is 32.8 Å². The van der Waals surface area contributed by atoms with Gasteiger partial charge in [-0.1, -0.05) is 36.8 Å². The van der Waals surface area contributed by atoms with Gasteiger partial charge in [-0.2, -0.15) is 0 Å². The first-order chi connectivity index (χ1) is 8.36. The Kier molecular flexibility index (Phi) is 4.21. The highest BCUT2D eigenvalue weighted by Crippen LogP contribution is 2.15. The van der Waals surface area contributed by atoms with Crippen molar-refractivity contribution in [1.29, 1.82) is 0 Å². The molecule has 1 heterocycles. The van der Waals surface area contributed by atoms with Crippen molar-refractivity contribution < 1.29 is 5.11 Å². The number of tetrazole rings is 1. The average Bonchev–Trinajstić information content (AvgIpc) is 2.89. The number of rotatable bonds is 6. The molecular formula is C12H16N4O. The molecule has 1 atom stereocenters. The number of unbranched alkanes of at least 4 members (excludes halogenated alkanes) is 1. The van der Waals surface area contributed by atoms with Gasteiger partial charge in [0.2, 0.25) is 0 Å². The molecule has 2 rings (SSSR count). The van der Waals surface area contributed by atoms with Crippen LogP contribution in [0.2, 0.25) is 0 Å². The molecule has 0 radical (unpaired) electrons. The number of aromatic nitrogens is 4. The Morgan fingerprint density at radius 1 is 1.18 bits per heavy atom. The first-order valence-corrected chi connectivity index (χ1v) is 5.82. The summed E-state index contributed by atoms with van der Waals surface area (Å²) < 4.78 is 0. The Balaban J connectivity index is 1.67. The van der Waals surface area contributed by atoms with Crippen LogP contribution in [-0.2, 0) is 6.42 Å². The van der Waals surface area contributed by atoms with Gasteiger partial charge in [-0.05, 0) is 35.3 Å². The molecule has 0 saturated carbocycles. The fraction of sp³-hybridized carbons (Fsp3) is 0.417. The molecule has 90 valence electrons. The summed E-state index contributed by atoms with van der Waals surface area (Å²) in [6, 6.07) is 10.4. The molecule has 0 aliphatic carbocycles. The zero-order valence-electron chi connectivity index (χ0n) is 9.58. The SMILES string of the molecule is OC(CCCCc1ccccc1)c1nnn[nH]1. The molecule has 5 nitrogen and oxygen atoms in total. The average molecular weight is 232 g/mol. The molecular weight excluding hydrogens is 216 g/mol.